The van der Waals surface area contributed by atoms with Crippen molar-refractivity contribution in [3.05, 3.63) is 0 Å². The number of thioether (sulfide) groups is 1. The minimum Gasteiger partial charge on any atom is -0.446 e. The number of rotatable bonds is 6. The molecule has 0 aromatic rings. The van der Waals surface area contributed by atoms with Crippen LogP contribution in [0, 0.1) is 5.41 Å². The van der Waals surface area contributed by atoms with Crippen LogP contribution in [0.3, 0.4) is 0 Å². The molecule has 0 atom stereocenters. The van der Waals surface area contributed by atoms with Gasteiger partial charge < -0.3 is 18.9 Å². The van der Waals surface area contributed by atoms with Crippen LogP contribution in [0.25, 0.3) is 0 Å². The van der Waals surface area contributed by atoms with Gasteiger partial charge in [-0.15, -0.1) is 0 Å². The predicted octanol–water partition coefficient (Wildman–Crippen LogP) is 1.15. The van der Waals surface area contributed by atoms with Gasteiger partial charge in [-0.2, -0.15) is 4.90 Å². The van der Waals surface area contributed by atoms with Gasteiger partial charge in [0.05, 0.1) is 13.2 Å². The van der Waals surface area contributed by atoms with Gasteiger partial charge in [-0.05, 0) is 6.26 Å². The average molecular weight is 294 g/mol. The average Bonchev–Trinajstić information content (AvgIpc) is 2.39. The van der Waals surface area contributed by atoms with E-state index in [4.69, 9.17) is 24.4 Å². The molecule has 0 aliphatic heterocycles. The van der Waals surface area contributed by atoms with E-state index in [-0.39, 0.29) is 31.6 Å². The van der Waals surface area contributed by atoms with Crippen molar-refractivity contribution in [2.24, 2.45) is 0 Å². The quantitative estimate of drug-likeness (QED) is 0.446. The second-order valence-corrected chi connectivity index (χ2v) is 3.85. The van der Waals surface area contributed by atoms with Crippen LogP contribution in [0.4, 0.5) is 9.59 Å². The Morgan fingerprint density at radius 3 is 1.74 bits per heavy atom. The number of imide groups is 1. The molecule has 0 aromatic heterocycles. The lowest BCUT2D eigenvalue weighted by Crippen LogP contribution is -2.41. The third-order valence-corrected chi connectivity index (χ3v) is 2.36. The predicted molar refractivity (Wildman–Crippen MR) is 69.5 cm³/mol. The van der Waals surface area contributed by atoms with Crippen molar-refractivity contribution < 1.29 is 28.5 Å². The molecule has 0 unspecified atom stereocenters. The van der Waals surface area contributed by atoms with Crippen molar-refractivity contribution >= 4 is 29.1 Å². The van der Waals surface area contributed by atoms with Crippen LogP contribution >= 0.6 is 11.8 Å². The molecule has 110 valence electrons. The summed E-state index contributed by atoms with van der Waals surface area (Å²) in [6.45, 7) is 0.369. The number of amidine groups is 1. The van der Waals surface area contributed by atoms with Gasteiger partial charge in [-0.1, -0.05) is 11.8 Å². The summed E-state index contributed by atoms with van der Waals surface area (Å²) in [5.74, 6) is 0. The van der Waals surface area contributed by atoms with Gasteiger partial charge in [0.25, 0.3) is 0 Å². The summed E-state index contributed by atoms with van der Waals surface area (Å²) < 4.78 is 19.0. The smallest absolute Gasteiger partial charge is 0.425 e. The molecule has 1 N–H and O–H groups in total. The number of hydrogen-bond donors (Lipinski definition) is 1. The molecule has 0 saturated heterocycles. The Kier molecular flexibility index (Phi) is 9.85. The first-order valence-corrected chi connectivity index (χ1v) is 6.55. The van der Waals surface area contributed by atoms with Gasteiger partial charge in [0.2, 0.25) is 0 Å². The Morgan fingerprint density at radius 2 is 1.42 bits per heavy atom. The molecule has 0 rings (SSSR count). The van der Waals surface area contributed by atoms with Crippen molar-refractivity contribution in [1.82, 2.24) is 4.90 Å². The first-order chi connectivity index (χ1) is 9.08. The Balaban J connectivity index is 4.48. The van der Waals surface area contributed by atoms with E-state index in [1.54, 1.807) is 6.26 Å². The molecular formula is C10H18N2O6S. The van der Waals surface area contributed by atoms with Crippen LogP contribution in [-0.4, -0.2) is 69.2 Å². The van der Waals surface area contributed by atoms with Gasteiger partial charge in [0.1, 0.15) is 13.2 Å². The van der Waals surface area contributed by atoms with E-state index >= 15 is 0 Å². The molecule has 0 fully saturated rings. The summed E-state index contributed by atoms with van der Waals surface area (Å²) in [6, 6.07) is 0. The third-order valence-electron chi connectivity index (χ3n) is 1.79. The van der Waals surface area contributed by atoms with Gasteiger partial charge >= 0.3 is 12.2 Å². The zero-order chi connectivity index (χ0) is 14.7. The zero-order valence-electron chi connectivity index (χ0n) is 11.1. The summed E-state index contributed by atoms with van der Waals surface area (Å²) in [5, 5.41) is 7.25. The highest BCUT2D eigenvalue weighted by atomic mass is 32.2. The number of methoxy groups -OCH3 is 2. The fraction of sp³-hybridized carbons (Fsp3) is 0.700. The van der Waals surface area contributed by atoms with Crippen LogP contribution in [0.15, 0.2) is 0 Å². The molecule has 2 amide bonds. The molecule has 0 bridgehead atoms. The number of carbonyl (C=O) groups is 2. The highest BCUT2D eigenvalue weighted by Crippen LogP contribution is 2.08. The highest BCUT2D eigenvalue weighted by Gasteiger charge is 2.28. The summed E-state index contributed by atoms with van der Waals surface area (Å²) in [4.78, 5) is 23.8. The fourth-order valence-corrected chi connectivity index (χ4v) is 1.22. The van der Waals surface area contributed by atoms with E-state index in [1.807, 2.05) is 0 Å². The van der Waals surface area contributed by atoms with Crippen molar-refractivity contribution in [2.75, 3.05) is 46.9 Å². The van der Waals surface area contributed by atoms with Crippen molar-refractivity contribution in [1.29, 1.82) is 5.41 Å². The number of nitrogens with one attached hydrogen (secondary N) is 1. The van der Waals surface area contributed by atoms with Gasteiger partial charge in [-0.25, -0.2) is 9.59 Å². The Labute approximate surface area is 115 Å². The first-order valence-electron chi connectivity index (χ1n) is 5.32. The molecule has 19 heavy (non-hydrogen) atoms. The minimum atomic E-state index is -0.973. The molecule has 0 radical (unpaired) electrons. The van der Waals surface area contributed by atoms with Crippen LogP contribution in [0.1, 0.15) is 0 Å². The second-order valence-electron chi connectivity index (χ2n) is 3.06. The van der Waals surface area contributed by atoms with E-state index in [2.05, 4.69) is 0 Å². The summed E-state index contributed by atoms with van der Waals surface area (Å²) in [6.07, 6.45) is -0.391. The molecule has 8 nitrogen and oxygen atoms in total. The molecule has 0 aromatic carbocycles. The van der Waals surface area contributed by atoms with Crippen molar-refractivity contribution in [3.63, 3.8) is 0 Å². The number of ether oxygens (including phenoxy) is 4. The normalized spacial score (nSPS) is 9.84. The number of nitrogens with zero attached hydrogens (tertiary/aromatic N) is 1. The molecule has 0 aliphatic rings. The van der Waals surface area contributed by atoms with Gasteiger partial charge in [0.15, 0.2) is 5.17 Å². The van der Waals surface area contributed by atoms with Crippen LogP contribution in [0.2, 0.25) is 0 Å². The summed E-state index contributed by atoms with van der Waals surface area (Å²) >= 11 is 0.913. The number of amides is 2. The van der Waals surface area contributed by atoms with E-state index in [9.17, 15) is 9.59 Å². The summed E-state index contributed by atoms with van der Waals surface area (Å²) in [5.41, 5.74) is 0. The largest absolute Gasteiger partial charge is 0.446 e. The lowest BCUT2D eigenvalue weighted by Gasteiger charge is -2.18. The topological polar surface area (TPSA) is 98.2 Å². The monoisotopic (exact) mass is 294 g/mol. The van der Waals surface area contributed by atoms with E-state index in [1.165, 1.54) is 14.2 Å². The molecule has 0 aliphatic carbocycles. The van der Waals surface area contributed by atoms with Crippen molar-refractivity contribution in [2.45, 2.75) is 0 Å². The van der Waals surface area contributed by atoms with Crippen molar-refractivity contribution in [3.8, 4) is 0 Å². The lowest BCUT2D eigenvalue weighted by atomic mass is 10.7. The summed E-state index contributed by atoms with van der Waals surface area (Å²) in [7, 11) is 2.91. The number of hydrogen-bond acceptors (Lipinski definition) is 8. The van der Waals surface area contributed by atoms with Crippen LogP contribution in [-0.2, 0) is 18.9 Å². The SMILES string of the molecule is COCCOC(=O)N(C(=N)SC)C(=O)OCCOC. The fourth-order valence-electron chi connectivity index (χ4n) is 0.885. The molecule has 9 heteroatoms. The third kappa shape index (κ3) is 6.99. The van der Waals surface area contributed by atoms with E-state index in [0.717, 1.165) is 11.8 Å². The maximum Gasteiger partial charge on any atom is 0.425 e. The van der Waals surface area contributed by atoms with E-state index < -0.39 is 12.2 Å². The maximum atomic E-state index is 11.7. The maximum absolute atomic E-state index is 11.7. The standard InChI is InChI=1S/C10H18N2O6S/c1-15-4-6-17-9(13)12(8(11)19-3)10(14)18-7-5-16-2/h11H,4-7H2,1-3H3. The lowest BCUT2D eigenvalue weighted by molar-refractivity contribution is 0.0650. The number of carbonyl (C=O) groups excluding carboxylic acids is 2. The van der Waals surface area contributed by atoms with Gasteiger partial charge in [0, 0.05) is 14.2 Å². The zero-order valence-corrected chi connectivity index (χ0v) is 11.9. The Hall–Kier alpha value is -1.32. The molecular weight excluding hydrogens is 276 g/mol. The van der Waals surface area contributed by atoms with E-state index in [0.29, 0.717) is 4.90 Å². The van der Waals surface area contributed by atoms with Crippen LogP contribution in [0.5, 0.6) is 0 Å². The second kappa shape index (κ2) is 10.6. The first kappa shape index (κ1) is 17.7. The minimum absolute atomic E-state index is 0.0150. The van der Waals surface area contributed by atoms with Crippen LogP contribution < -0.4 is 0 Å². The molecule has 0 heterocycles. The van der Waals surface area contributed by atoms with Gasteiger partial charge in [-0.3, -0.25) is 5.41 Å². The highest BCUT2D eigenvalue weighted by molar-refractivity contribution is 8.13. The Bertz CT molecular complexity index is 290. The Morgan fingerprint density at radius 1 is 1.00 bits per heavy atom. The molecule has 0 spiro atoms. The molecule has 0 saturated carbocycles.